The molecule has 24 heavy (non-hydrogen) atoms. The predicted octanol–water partition coefficient (Wildman–Crippen LogP) is 3.00. The van der Waals surface area contributed by atoms with E-state index in [1.165, 1.54) is 0 Å². The van der Waals surface area contributed by atoms with Gasteiger partial charge in [-0.05, 0) is 44.2 Å². The Labute approximate surface area is 143 Å². The first-order valence-corrected chi connectivity index (χ1v) is 9.84. The van der Waals surface area contributed by atoms with Crippen LogP contribution in [0.4, 0.5) is 0 Å². The molecule has 3 rings (SSSR count). The Morgan fingerprint density at radius 2 is 1.88 bits per heavy atom. The number of nitrogens with zero attached hydrogens (tertiary/aromatic N) is 1. The van der Waals surface area contributed by atoms with Crippen molar-refractivity contribution in [3.8, 4) is 0 Å². The lowest BCUT2D eigenvalue weighted by Crippen LogP contribution is -2.51. The Kier molecular flexibility index (Phi) is 5.38. The summed E-state index contributed by atoms with van der Waals surface area (Å²) in [6.07, 6.45) is 5.68. The summed E-state index contributed by atoms with van der Waals surface area (Å²) in [5.74, 6) is 0.896. The minimum Gasteiger partial charge on any atom is -0.468 e. The molecule has 2 atom stereocenters. The first-order chi connectivity index (χ1) is 11.6. The molecule has 0 amide bonds. The SMILES string of the molecule is CN(Cc1ccco1)C1CCCCC1NS(=O)(=O)c1ccccc1. The fraction of sp³-hybridized carbons (Fsp3) is 0.444. The Morgan fingerprint density at radius 1 is 1.12 bits per heavy atom. The first kappa shape index (κ1) is 17.2. The summed E-state index contributed by atoms with van der Waals surface area (Å²) < 4.78 is 33.6. The predicted molar refractivity (Wildman–Crippen MR) is 93.0 cm³/mol. The van der Waals surface area contributed by atoms with Crippen molar-refractivity contribution in [2.45, 2.75) is 49.2 Å². The van der Waals surface area contributed by atoms with Crippen LogP contribution in [0.2, 0.25) is 0 Å². The molecule has 1 N–H and O–H groups in total. The lowest BCUT2D eigenvalue weighted by molar-refractivity contribution is 0.145. The highest BCUT2D eigenvalue weighted by Gasteiger charge is 2.32. The second kappa shape index (κ2) is 7.51. The Hall–Kier alpha value is -1.63. The van der Waals surface area contributed by atoms with E-state index in [0.29, 0.717) is 11.4 Å². The molecule has 0 aliphatic heterocycles. The Morgan fingerprint density at radius 3 is 2.58 bits per heavy atom. The van der Waals surface area contributed by atoms with Gasteiger partial charge in [-0.2, -0.15) is 0 Å². The summed E-state index contributed by atoms with van der Waals surface area (Å²) in [5.41, 5.74) is 0. The van der Waals surface area contributed by atoms with E-state index in [4.69, 9.17) is 4.42 Å². The summed E-state index contributed by atoms with van der Waals surface area (Å²) in [6.45, 7) is 0.682. The summed E-state index contributed by atoms with van der Waals surface area (Å²) >= 11 is 0. The van der Waals surface area contributed by atoms with Crippen LogP contribution in [0.15, 0.2) is 58.0 Å². The monoisotopic (exact) mass is 348 g/mol. The van der Waals surface area contributed by atoms with Gasteiger partial charge in [-0.3, -0.25) is 4.90 Å². The van der Waals surface area contributed by atoms with Gasteiger partial charge in [-0.15, -0.1) is 0 Å². The zero-order chi connectivity index (χ0) is 17.0. The van der Waals surface area contributed by atoms with Crippen LogP contribution < -0.4 is 4.72 Å². The molecule has 1 heterocycles. The van der Waals surface area contributed by atoms with Crippen LogP contribution in [0.1, 0.15) is 31.4 Å². The quantitative estimate of drug-likeness (QED) is 0.872. The molecular formula is C18H24N2O3S. The van der Waals surface area contributed by atoms with Crippen molar-refractivity contribution in [1.29, 1.82) is 0 Å². The molecule has 1 aromatic heterocycles. The van der Waals surface area contributed by atoms with Gasteiger partial charge in [0.05, 0.1) is 17.7 Å². The number of hydrogen-bond donors (Lipinski definition) is 1. The van der Waals surface area contributed by atoms with Crippen LogP contribution >= 0.6 is 0 Å². The average molecular weight is 348 g/mol. The molecule has 1 aliphatic carbocycles. The third kappa shape index (κ3) is 4.06. The largest absolute Gasteiger partial charge is 0.468 e. The lowest BCUT2D eigenvalue weighted by atomic mass is 9.90. The maximum Gasteiger partial charge on any atom is 0.240 e. The second-order valence-electron chi connectivity index (χ2n) is 6.39. The van der Waals surface area contributed by atoms with Crippen LogP contribution in [-0.2, 0) is 16.6 Å². The second-order valence-corrected chi connectivity index (χ2v) is 8.10. The smallest absolute Gasteiger partial charge is 0.240 e. The van der Waals surface area contributed by atoms with E-state index in [0.717, 1.165) is 31.4 Å². The van der Waals surface area contributed by atoms with Gasteiger partial charge in [-0.25, -0.2) is 13.1 Å². The third-order valence-corrected chi connectivity index (χ3v) is 6.15. The molecule has 1 fully saturated rings. The van der Waals surface area contributed by atoms with Gasteiger partial charge in [0, 0.05) is 12.1 Å². The van der Waals surface area contributed by atoms with Gasteiger partial charge in [0.2, 0.25) is 10.0 Å². The standard InChI is InChI=1S/C18H24N2O3S/c1-20(14-15-8-7-13-23-15)18-12-6-5-11-17(18)19-24(21,22)16-9-3-2-4-10-16/h2-4,7-10,13,17-19H,5-6,11-12,14H2,1H3. The van der Waals surface area contributed by atoms with Gasteiger partial charge >= 0.3 is 0 Å². The van der Waals surface area contributed by atoms with Gasteiger partial charge in [0.1, 0.15) is 5.76 Å². The number of benzene rings is 1. The topological polar surface area (TPSA) is 62.6 Å². The molecule has 130 valence electrons. The minimum absolute atomic E-state index is 0.0797. The van der Waals surface area contributed by atoms with E-state index < -0.39 is 10.0 Å². The van der Waals surface area contributed by atoms with E-state index in [1.54, 1.807) is 30.5 Å². The van der Waals surface area contributed by atoms with Crippen LogP contribution in [0, 0.1) is 0 Å². The van der Waals surface area contributed by atoms with Crippen molar-refractivity contribution >= 4 is 10.0 Å². The fourth-order valence-corrected chi connectivity index (χ4v) is 4.73. The van der Waals surface area contributed by atoms with Crippen molar-refractivity contribution in [2.75, 3.05) is 7.05 Å². The number of nitrogens with one attached hydrogen (secondary N) is 1. The van der Waals surface area contributed by atoms with Crippen LogP contribution in [0.5, 0.6) is 0 Å². The van der Waals surface area contributed by atoms with Crippen molar-refractivity contribution in [1.82, 2.24) is 9.62 Å². The van der Waals surface area contributed by atoms with E-state index in [-0.39, 0.29) is 12.1 Å². The first-order valence-electron chi connectivity index (χ1n) is 8.36. The van der Waals surface area contributed by atoms with Gasteiger partial charge in [0.25, 0.3) is 0 Å². The van der Waals surface area contributed by atoms with Crippen LogP contribution in [-0.4, -0.2) is 32.4 Å². The molecule has 1 aliphatic rings. The van der Waals surface area contributed by atoms with Crippen molar-refractivity contribution in [2.24, 2.45) is 0 Å². The summed E-state index contributed by atoms with van der Waals surface area (Å²) in [4.78, 5) is 2.51. The minimum atomic E-state index is -3.49. The molecule has 5 nitrogen and oxygen atoms in total. The van der Waals surface area contributed by atoms with Gasteiger partial charge in [-0.1, -0.05) is 31.0 Å². The average Bonchev–Trinajstić information content (AvgIpc) is 3.09. The third-order valence-electron chi connectivity index (χ3n) is 4.64. The summed E-state index contributed by atoms with van der Waals surface area (Å²) in [6, 6.07) is 12.5. The number of sulfonamides is 1. The summed E-state index contributed by atoms with van der Waals surface area (Å²) in [7, 11) is -1.46. The molecule has 0 radical (unpaired) electrons. The molecule has 1 aromatic carbocycles. The van der Waals surface area contributed by atoms with E-state index in [1.807, 2.05) is 25.2 Å². The zero-order valence-electron chi connectivity index (χ0n) is 13.9. The maximum atomic E-state index is 12.6. The van der Waals surface area contributed by atoms with E-state index in [9.17, 15) is 8.42 Å². The Balaban J connectivity index is 1.72. The molecule has 6 heteroatoms. The number of hydrogen-bond acceptors (Lipinski definition) is 4. The normalized spacial score (nSPS) is 21.9. The van der Waals surface area contributed by atoms with Crippen molar-refractivity contribution in [3.05, 3.63) is 54.5 Å². The number of furan rings is 1. The summed E-state index contributed by atoms with van der Waals surface area (Å²) in [5, 5.41) is 0. The molecule has 1 saturated carbocycles. The zero-order valence-corrected chi connectivity index (χ0v) is 14.7. The number of rotatable bonds is 6. The van der Waals surface area contributed by atoms with Gasteiger partial charge in [0.15, 0.2) is 0 Å². The molecular weight excluding hydrogens is 324 g/mol. The molecule has 2 aromatic rings. The van der Waals surface area contributed by atoms with E-state index >= 15 is 0 Å². The molecule has 0 spiro atoms. The van der Waals surface area contributed by atoms with Gasteiger partial charge < -0.3 is 4.42 Å². The highest BCUT2D eigenvalue weighted by atomic mass is 32.2. The van der Waals surface area contributed by atoms with Crippen LogP contribution in [0.3, 0.4) is 0 Å². The van der Waals surface area contributed by atoms with Crippen molar-refractivity contribution < 1.29 is 12.8 Å². The fourth-order valence-electron chi connectivity index (χ4n) is 3.41. The lowest BCUT2D eigenvalue weighted by Gasteiger charge is -2.37. The van der Waals surface area contributed by atoms with E-state index in [2.05, 4.69) is 9.62 Å². The highest BCUT2D eigenvalue weighted by Crippen LogP contribution is 2.25. The highest BCUT2D eigenvalue weighted by molar-refractivity contribution is 7.89. The Bertz CT molecular complexity index is 729. The number of likely N-dealkylation sites (N-methyl/N-ethyl adjacent to an activating group) is 1. The van der Waals surface area contributed by atoms with Crippen LogP contribution in [0.25, 0.3) is 0 Å². The molecule has 2 unspecified atom stereocenters. The molecule has 0 bridgehead atoms. The molecule has 0 saturated heterocycles. The van der Waals surface area contributed by atoms with Crippen molar-refractivity contribution in [3.63, 3.8) is 0 Å². The maximum absolute atomic E-state index is 12.6.